The van der Waals surface area contributed by atoms with Crippen LogP contribution in [-0.4, -0.2) is 20.6 Å². The first-order valence-electron chi connectivity index (χ1n) is 5.09. The Bertz CT molecular complexity index is 665. The van der Waals surface area contributed by atoms with E-state index in [0.29, 0.717) is 0 Å². The van der Waals surface area contributed by atoms with Crippen molar-refractivity contribution in [2.45, 2.75) is 6.92 Å². The highest BCUT2D eigenvalue weighted by molar-refractivity contribution is 5.88. The second-order valence-electron chi connectivity index (χ2n) is 3.65. The smallest absolute Gasteiger partial charge is 0.341 e. The molecule has 0 fully saturated rings. The first-order chi connectivity index (χ1) is 8.52. The summed E-state index contributed by atoms with van der Waals surface area (Å²) in [4.78, 5) is 26.8. The largest absolute Gasteiger partial charge is 0.477 e. The van der Waals surface area contributed by atoms with Gasteiger partial charge in [0.15, 0.2) is 0 Å². The zero-order chi connectivity index (χ0) is 13.3. The molecule has 2 aromatic heterocycles. The second-order valence-corrected chi connectivity index (χ2v) is 3.65. The van der Waals surface area contributed by atoms with Gasteiger partial charge in [0, 0.05) is 11.8 Å². The van der Waals surface area contributed by atoms with Crippen molar-refractivity contribution in [3.05, 3.63) is 57.9 Å². The number of aromatic nitrogens is 2. The van der Waals surface area contributed by atoms with Gasteiger partial charge < -0.3 is 5.11 Å². The fourth-order valence-corrected chi connectivity index (χ4v) is 1.59. The molecule has 0 aliphatic carbocycles. The summed E-state index contributed by atoms with van der Waals surface area (Å²) in [5, 5.41) is 8.94. The molecule has 92 valence electrons. The zero-order valence-corrected chi connectivity index (χ0v) is 9.42. The van der Waals surface area contributed by atoms with Crippen LogP contribution in [0.4, 0.5) is 4.39 Å². The molecule has 0 saturated carbocycles. The third kappa shape index (κ3) is 1.88. The molecule has 0 atom stereocenters. The van der Waals surface area contributed by atoms with Crippen molar-refractivity contribution in [2.24, 2.45) is 0 Å². The third-order valence-electron chi connectivity index (χ3n) is 2.52. The molecule has 0 aliphatic rings. The van der Waals surface area contributed by atoms with E-state index in [4.69, 9.17) is 5.11 Å². The number of pyridine rings is 2. The average Bonchev–Trinajstić information content (AvgIpc) is 2.34. The monoisotopic (exact) mass is 248 g/mol. The van der Waals surface area contributed by atoms with Crippen LogP contribution in [0.2, 0.25) is 0 Å². The Labute approximate surface area is 101 Å². The van der Waals surface area contributed by atoms with Crippen LogP contribution in [0.1, 0.15) is 15.9 Å². The quantitative estimate of drug-likeness (QED) is 0.871. The lowest BCUT2D eigenvalue weighted by atomic mass is 10.1. The minimum Gasteiger partial charge on any atom is -0.477 e. The molecule has 0 radical (unpaired) electrons. The summed E-state index contributed by atoms with van der Waals surface area (Å²) < 4.78 is 14.5. The number of aromatic carboxylic acids is 1. The van der Waals surface area contributed by atoms with E-state index in [-0.39, 0.29) is 11.4 Å². The number of nitrogens with zero attached hydrogens (tertiary/aromatic N) is 2. The minimum atomic E-state index is -1.46. The molecular weight excluding hydrogens is 239 g/mol. The van der Waals surface area contributed by atoms with Gasteiger partial charge in [0.25, 0.3) is 5.56 Å². The number of carbonyl (C=O) groups is 1. The lowest BCUT2D eigenvalue weighted by Crippen LogP contribution is -2.27. The van der Waals surface area contributed by atoms with Crippen molar-refractivity contribution in [1.29, 1.82) is 0 Å². The summed E-state index contributed by atoms with van der Waals surface area (Å²) >= 11 is 0. The van der Waals surface area contributed by atoms with Crippen LogP contribution in [0, 0.1) is 12.7 Å². The van der Waals surface area contributed by atoms with Crippen molar-refractivity contribution >= 4 is 5.97 Å². The summed E-state index contributed by atoms with van der Waals surface area (Å²) in [5.41, 5.74) is -1.57. The molecule has 0 aromatic carbocycles. The van der Waals surface area contributed by atoms with Crippen molar-refractivity contribution in [3.8, 4) is 5.82 Å². The lowest BCUT2D eigenvalue weighted by Gasteiger charge is -2.08. The molecule has 0 amide bonds. The van der Waals surface area contributed by atoms with Gasteiger partial charge in [-0.3, -0.25) is 9.36 Å². The number of rotatable bonds is 2. The van der Waals surface area contributed by atoms with Gasteiger partial charge in [-0.2, -0.15) is 0 Å². The van der Waals surface area contributed by atoms with Gasteiger partial charge in [0.2, 0.25) is 0 Å². The van der Waals surface area contributed by atoms with Gasteiger partial charge in [0.05, 0.1) is 6.20 Å². The fourth-order valence-electron chi connectivity index (χ4n) is 1.59. The molecule has 5 nitrogen and oxygen atoms in total. The predicted molar refractivity (Wildman–Crippen MR) is 61.5 cm³/mol. The maximum absolute atomic E-state index is 13.6. The number of hydrogen-bond acceptors (Lipinski definition) is 3. The Morgan fingerprint density at radius 2 is 2.17 bits per heavy atom. The summed E-state index contributed by atoms with van der Waals surface area (Å²) in [7, 11) is 0. The Hall–Kier alpha value is -2.50. The van der Waals surface area contributed by atoms with Crippen LogP contribution in [0.15, 0.2) is 35.4 Å². The van der Waals surface area contributed by atoms with Crippen LogP contribution in [0.25, 0.3) is 5.82 Å². The van der Waals surface area contributed by atoms with Gasteiger partial charge in [-0.1, -0.05) is 6.07 Å². The van der Waals surface area contributed by atoms with Gasteiger partial charge in [-0.05, 0) is 19.1 Å². The molecule has 0 saturated heterocycles. The second kappa shape index (κ2) is 4.40. The van der Waals surface area contributed by atoms with Crippen molar-refractivity contribution < 1.29 is 14.3 Å². The third-order valence-corrected chi connectivity index (χ3v) is 2.52. The zero-order valence-electron chi connectivity index (χ0n) is 9.42. The fraction of sp³-hybridized carbons (Fsp3) is 0.0833. The van der Waals surface area contributed by atoms with Gasteiger partial charge in [0.1, 0.15) is 17.2 Å². The molecule has 0 spiro atoms. The SMILES string of the molecule is Cc1c(F)cn(-c2ccccn2)c(=O)c1C(=O)O. The topological polar surface area (TPSA) is 72.2 Å². The Balaban J connectivity index is 2.79. The normalized spacial score (nSPS) is 10.3. The highest BCUT2D eigenvalue weighted by Crippen LogP contribution is 2.10. The van der Waals surface area contributed by atoms with Crippen LogP contribution in [0.3, 0.4) is 0 Å². The molecule has 18 heavy (non-hydrogen) atoms. The molecule has 0 aliphatic heterocycles. The van der Waals surface area contributed by atoms with Crippen molar-refractivity contribution in [3.63, 3.8) is 0 Å². The van der Waals surface area contributed by atoms with Crippen LogP contribution in [0.5, 0.6) is 0 Å². The average molecular weight is 248 g/mol. The molecular formula is C12H9FN2O3. The molecule has 2 rings (SSSR count). The molecule has 6 heteroatoms. The van der Waals surface area contributed by atoms with Gasteiger partial charge in [-0.25, -0.2) is 14.2 Å². The van der Waals surface area contributed by atoms with Crippen LogP contribution < -0.4 is 5.56 Å². The first kappa shape index (κ1) is 12.0. The Kier molecular flexibility index (Phi) is 2.93. The standard InChI is InChI=1S/C12H9FN2O3/c1-7-8(13)6-15(9-4-2-3-5-14-9)11(16)10(7)12(17)18/h2-6H,1H3,(H,17,18). The van der Waals surface area contributed by atoms with E-state index in [9.17, 15) is 14.0 Å². The number of halogens is 1. The van der Waals surface area contributed by atoms with Gasteiger partial charge in [-0.15, -0.1) is 0 Å². The van der Waals surface area contributed by atoms with E-state index in [2.05, 4.69) is 4.98 Å². The molecule has 2 heterocycles. The van der Waals surface area contributed by atoms with E-state index in [1.54, 1.807) is 12.1 Å². The highest BCUT2D eigenvalue weighted by Gasteiger charge is 2.19. The van der Waals surface area contributed by atoms with E-state index in [1.165, 1.54) is 19.2 Å². The molecule has 1 N–H and O–H groups in total. The van der Waals surface area contributed by atoms with E-state index in [0.717, 1.165) is 10.8 Å². The molecule has 2 aromatic rings. The maximum atomic E-state index is 13.6. The van der Waals surface area contributed by atoms with E-state index >= 15 is 0 Å². The Morgan fingerprint density at radius 3 is 2.72 bits per heavy atom. The van der Waals surface area contributed by atoms with E-state index in [1.807, 2.05) is 0 Å². The van der Waals surface area contributed by atoms with Crippen LogP contribution in [-0.2, 0) is 0 Å². The molecule has 0 unspecified atom stereocenters. The Morgan fingerprint density at radius 1 is 1.44 bits per heavy atom. The summed E-state index contributed by atoms with van der Waals surface area (Å²) in [6.07, 6.45) is 2.37. The van der Waals surface area contributed by atoms with Crippen molar-refractivity contribution in [1.82, 2.24) is 9.55 Å². The van der Waals surface area contributed by atoms with Crippen LogP contribution >= 0.6 is 0 Å². The predicted octanol–water partition coefficient (Wildman–Crippen LogP) is 1.38. The molecule has 0 bridgehead atoms. The minimum absolute atomic E-state index is 0.170. The summed E-state index contributed by atoms with van der Waals surface area (Å²) in [5.74, 6) is -2.05. The summed E-state index contributed by atoms with van der Waals surface area (Å²) in [6.45, 7) is 1.25. The number of hydrogen-bond donors (Lipinski definition) is 1. The summed E-state index contributed by atoms with van der Waals surface area (Å²) in [6, 6.07) is 4.74. The van der Waals surface area contributed by atoms with Gasteiger partial charge >= 0.3 is 5.97 Å². The number of carboxylic acids is 1. The number of carboxylic acid groups (broad SMARTS) is 1. The van der Waals surface area contributed by atoms with E-state index < -0.39 is 22.9 Å². The maximum Gasteiger partial charge on any atom is 0.341 e. The highest BCUT2D eigenvalue weighted by atomic mass is 19.1. The van der Waals surface area contributed by atoms with Crippen molar-refractivity contribution in [2.75, 3.05) is 0 Å². The first-order valence-corrected chi connectivity index (χ1v) is 5.09. The lowest BCUT2D eigenvalue weighted by molar-refractivity contribution is 0.0693.